The fraction of sp³-hybridized carbons (Fsp3) is 0.190. The third kappa shape index (κ3) is 4.92. The zero-order valence-corrected chi connectivity index (χ0v) is 15.1. The molecule has 0 aliphatic carbocycles. The minimum Gasteiger partial charge on any atom is -0.494 e. The predicted molar refractivity (Wildman–Crippen MR) is 103 cm³/mol. The van der Waals surface area contributed by atoms with Crippen molar-refractivity contribution >= 4 is 17.2 Å². The molecule has 26 heavy (non-hydrogen) atoms. The highest BCUT2D eigenvalue weighted by molar-refractivity contribution is 7.12. The normalized spacial score (nSPS) is 10.5. The molecule has 3 nitrogen and oxygen atoms in total. The third-order valence-corrected chi connectivity index (χ3v) is 4.81. The van der Waals surface area contributed by atoms with Gasteiger partial charge in [0, 0.05) is 12.1 Å². The largest absolute Gasteiger partial charge is 0.494 e. The Kier molecular flexibility index (Phi) is 6.39. The summed E-state index contributed by atoms with van der Waals surface area (Å²) in [6.07, 6.45) is 1.63. The lowest BCUT2D eigenvalue weighted by Crippen LogP contribution is -2.24. The van der Waals surface area contributed by atoms with E-state index in [1.165, 1.54) is 23.5 Å². The van der Waals surface area contributed by atoms with Crippen molar-refractivity contribution < 1.29 is 13.9 Å². The zero-order valence-electron chi connectivity index (χ0n) is 14.3. The number of thiophene rings is 1. The van der Waals surface area contributed by atoms with Gasteiger partial charge in [-0.1, -0.05) is 30.3 Å². The van der Waals surface area contributed by atoms with Crippen molar-refractivity contribution in [3.8, 4) is 16.9 Å². The molecule has 0 aliphatic heterocycles. The maximum Gasteiger partial charge on any atom is 0.261 e. The van der Waals surface area contributed by atoms with E-state index in [-0.39, 0.29) is 11.7 Å². The molecule has 0 saturated carbocycles. The molecule has 0 atom stereocenters. The molecule has 1 amide bonds. The standard InChI is InChI=1S/C21H20FNO2S/c22-17-8-10-18(11-9-17)25-14-5-4-13-23-21(24)20-19(12-15-26-20)16-6-2-1-3-7-16/h1-3,6-12,15H,4-5,13-14H2,(H,23,24). The molecule has 0 saturated heterocycles. The average Bonchev–Trinajstić information content (AvgIpc) is 3.16. The van der Waals surface area contributed by atoms with Crippen molar-refractivity contribution in [2.45, 2.75) is 12.8 Å². The topological polar surface area (TPSA) is 38.3 Å². The molecular formula is C21H20FNO2S. The molecule has 0 spiro atoms. The van der Waals surface area contributed by atoms with E-state index in [0.29, 0.717) is 18.9 Å². The van der Waals surface area contributed by atoms with Gasteiger partial charge in [0.25, 0.3) is 5.91 Å². The Balaban J connectivity index is 1.41. The highest BCUT2D eigenvalue weighted by atomic mass is 32.1. The summed E-state index contributed by atoms with van der Waals surface area (Å²) in [6, 6.07) is 17.9. The van der Waals surface area contributed by atoms with Crippen molar-refractivity contribution in [2.75, 3.05) is 13.2 Å². The number of unbranched alkanes of at least 4 members (excludes halogenated alkanes) is 1. The summed E-state index contributed by atoms with van der Waals surface area (Å²) in [5.41, 5.74) is 2.01. The van der Waals surface area contributed by atoms with Crippen LogP contribution in [0.4, 0.5) is 4.39 Å². The Hall–Kier alpha value is -2.66. The van der Waals surface area contributed by atoms with Gasteiger partial charge in [0.05, 0.1) is 11.5 Å². The van der Waals surface area contributed by atoms with E-state index in [1.54, 1.807) is 12.1 Å². The van der Waals surface area contributed by atoms with Gasteiger partial charge < -0.3 is 10.1 Å². The molecular weight excluding hydrogens is 349 g/mol. The summed E-state index contributed by atoms with van der Waals surface area (Å²) in [5.74, 6) is 0.336. The first-order valence-electron chi connectivity index (χ1n) is 8.53. The van der Waals surface area contributed by atoms with Gasteiger partial charge in [0.1, 0.15) is 11.6 Å². The van der Waals surface area contributed by atoms with Crippen LogP contribution >= 0.6 is 11.3 Å². The highest BCUT2D eigenvalue weighted by Gasteiger charge is 2.13. The van der Waals surface area contributed by atoms with Gasteiger partial charge in [0.15, 0.2) is 0 Å². The van der Waals surface area contributed by atoms with Crippen molar-refractivity contribution in [1.29, 1.82) is 0 Å². The van der Waals surface area contributed by atoms with Gasteiger partial charge >= 0.3 is 0 Å². The molecule has 0 unspecified atom stereocenters. The number of hydrogen-bond acceptors (Lipinski definition) is 3. The SMILES string of the molecule is O=C(NCCCCOc1ccc(F)cc1)c1sccc1-c1ccccc1. The van der Waals surface area contributed by atoms with Gasteiger partial charge in [-0.05, 0) is 54.1 Å². The summed E-state index contributed by atoms with van der Waals surface area (Å²) in [5, 5.41) is 4.91. The summed E-state index contributed by atoms with van der Waals surface area (Å²) >= 11 is 1.45. The van der Waals surface area contributed by atoms with Crippen LogP contribution in [0.2, 0.25) is 0 Å². The lowest BCUT2D eigenvalue weighted by atomic mass is 10.1. The first-order valence-corrected chi connectivity index (χ1v) is 9.41. The number of rotatable bonds is 8. The monoisotopic (exact) mass is 369 g/mol. The number of nitrogens with one attached hydrogen (secondary N) is 1. The molecule has 0 bridgehead atoms. The number of halogens is 1. The van der Waals surface area contributed by atoms with Crippen molar-refractivity contribution in [3.05, 3.63) is 76.7 Å². The number of hydrogen-bond donors (Lipinski definition) is 1. The Morgan fingerprint density at radius 3 is 2.54 bits per heavy atom. The Morgan fingerprint density at radius 2 is 1.77 bits per heavy atom. The molecule has 1 heterocycles. The minimum atomic E-state index is -0.275. The average molecular weight is 369 g/mol. The van der Waals surface area contributed by atoms with Gasteiger partial charge in [-0.3, -0.25) is 4.79 Å². The lowest BCUT2D eigenvalue weighted by Gasteiger charge is -2.08. The molecule has 1 aromatic heterocycles. The van der Waals surface area contributed by atoms with Crippen molar-refractivity contribution in [3.63, 3.8) is 0 Å². The zero-order chi connectivity index (χ0) is 18.2. The maximum absolute atomic E-state index is 12.8. The summed E-state index contributed by atoms with van der Waals surface area (Å²) < 4.78 is 18.3. The number of ether oxygens (including phenoxy) is 1. The van der Waals surface area contributed by atoms with Gasteiger partial charge in [-0.25, -0.2) is 4.39 Å². The molecule has 5 heteroatoms. The van der Waals surface area contributed by atoms with Crippen LogP contribution in [-0.4, -0.2) is 19.1 Å². The van der Waals surface area contributed by atoms with Crippen LogP contribution in [0.1, 0.15) is 22.5 Å². The van der Waals surface area contributed by atoms with E-state index >= 15 is 0 Å². The number of carbonyl (C=O) groups is 1. The highest BCUT2D eigenvalue weighted by Crippen LogP contribution is 2.28. The number of amides is 1. The van der Waals surface area contributed by atoms with E-state index in [9.17, 15) is 9.18 Å². The van der Waals surface area contributed by atoms with Crippen molar-refractivity contribution in [1.82, 2.24) is 5.32 Å². The van der Waals surface area contributed by atoms with E-state index in [1.807, 2.05) is 41.8 Å². The summed E-state index contributed by atoms with van der Waals surface area (Å²) in [6.45, 7) is 1.13. The molecule has 0 radical (unpaired) electrons. The molecule has 3 aromatic rings. The minimum absolute atomic E-state index is 0.0432. The second-order valence-corrected chi connectivity index (χ2v) is 6.71. The lowest BCUT2D eigenvalue weighted by molar-refractivity contribution is 0.0957. The van der Waals surface area contributed by atoms with Crippen LogP contribution in [0.15, 0.2) is 66.0 Å². The molecule has 3 rings (SSSR count). The second-order valence-electron chi connectivity index (χ2n) is 5.79. The van der Waals surface area contributed by atoms with E-state index in [4.69, 9.17) is 4.74 Å². The fourth-order valence-corrected chi connectivity index (χ4v) is 3.39. The Labute approximate surface area is 156 Å². The molecule has 134 valence electrons. The van der Waals surface area contributed by atoms with E-state index in [2.05, 4.69) is 5.32 Å². The molecule has 0 aliphatic rings. The van der Waals surface area contributed by atoms with Crippen LogP contribution in [0, 0.1) is 5.82 Å². The number of carbonyl (C=O) groups excluding carboxylic acids is 1. The Morgan fingerprint density at radius 1 is 1.00 bits per heavy atom. The van der Waals surface area contributed by atoms with Crippen LogP contribution in [-0.2, 0) is 0 Å². The maximum atomic E-state index is 12.8. The van der Waals surface area contributed by atoms with E-state index < -0.39 is 0 Å². The first-order chi connectivity index (χ1) is 12.7. The fourth-order valence-electron chi connectivity index (χ4n) is 2.56. The van der Waals surface area contributed by atoms with Gasteiger partial charge in [-0.15, -0.1) is 11.3 Å². The predicted octanol–water partition coefficient (Wildman–Crippen LogP) is 5.14. The molecule has 0 fully saturated rings. The quantitative estimate of drug-likeness (QED) is 0.558. The van der Waals surface area contributed by atoms with Crippen molar-refractivity contribution in [2.24, 2.45) is 0 Å². The van der Waals surface area contributed by atoms with Crippen LogP contribution in [0.5, 0.6) is 5.75 Å². The number of benzene rings is 2. The van der Waals surface area contributed by atoms with Crippen LogP contribution < -0.4 is 10.1 Å². The van der Waals surface area contributed by atoms with Gasteiger partial charge in [-0.2, -0.15) is 0 Å². The Bertz CT molecular complexity index is 831. The second kappa shape index (κ2) is 9.15. The molecule has 2 aromatic carbocycles. The van der Waals surface area contributed by atoms with Crippen LogP contribution in [0.3, 0.4) is 0 Å². The summed E-state index contributed by atoms with van der Waals surface area (Å²) in [4.78, 5) is 13.2. The first kappa shape index (κ1) is 18.1. The van der Waals surface area contributed by atoms with Gasteiger partial charge in [0.2, 0.25) is 0 Å². The summed E-state index contributed by atoms with van der Waals surface area (Å²) in [7, 11) is 0. The molecule has 1 N–H and O–H groups in total. The van der Waals surface area contributed by atoms with E-state index in [0.717, 1.165) is 28.8 Å². The van der Waals surface area contributed by atoms with Crippen LogP contribution in [0.25, 0.3) is 11.1 Å². The third-order valence-electron chi connectivity index (χ3n) is 3.90. The smallest absolute Gasteiger partial charge is 0.261 e.